The summed E-state index contributed by atoms with van der Waals surface area (Å²) in [7, 11) is 0. The Labute approximate surface area is 103 Å². The van der Waals surface area contributed by atoms with E-state index in [0.29, 0.717) is 5.69 Å². The van der Waals surface area contributed by atoms with Crippen molar-refractivity contribution in [1.29, 1.82) is 0 Å². The van der Waals surface area contributed by atoms with Crippen molar-refractivity contribution in [3.63, 3.8) is 0 Å². The molecule has 0 aliphatic heterocycles. The molecular weight excluding hydrogens is 236 g/mol. The van der Waals surface area contributed by atoms with Crippen LogP contribution in [0.2, 0.25) is 0 Å². The van der Waals surface area contributed by atoms with Gasteiger partial charge in [0.1, 0.15) is 0 Å². The van der Waals surface area contributed by atoms with Gasteiger partial charge in [-0.15, -0.1) is 0 Å². The normalized spacial score (nSPS) is 10.2. The highest BCUT2D eigenvalue weighted by Gasteiger charge is 2.14. The maximum Gasteiger partial charge on any atom is 0.258 e. The monoisotopic (exact) mass is 247 g/mol. The standard InChI is InChI=1S/C14H11F2NO/c1-9-4-2-5-10(8-9)17-14(18)11-6-3-7-12(15)13(11)16/h2-8H,1H3,(H,17,18). The first-order valence-corrected chi connectivity index (χ1v) is 5.40. The van der Waals surface area contributed by atoms with Crippen LogP contribution in [0.5, 0.6) is 0 Å². The molecule has 2 nitrogen and oxygen atoms in total. The van der Waals surface area contributed by atoms with Crippen molar-refractivity contribution in [2.45, 2.75) is 6.92 Å². The Morgan fingerprint density at radius 3 is 2.56 bits per heavy atom. The highest BCUT2D eigenvalue weighted by atomic mass is 19.2. The van der Waals surface area contributed by atoms with Gasteiger partial charge in [-0.05, 0) is 36.8 Å². The lowest BCUT2D eigenvalue weighted by Gasteiger charge is -2.07. The highest BCUT2D eigenvalue weighted by Crippen LogP contribution is 2.15. The highest BCUT2D eigenvalue weighted by molar-refractivity contribution is 6.04. The van der Waals surface area contributed by atoms with E-state index < -0.39 is 17.5 Å². The third-order valence-electron chi connectivity index (χ3n) is 2.47. The van der Waals surface area contributed by atoms with Crippen molar-refractivity contribution >= 4 is 11.6 Å². The Hall–Kier alpha value is -2.23. The number of hydrogen-bond acceptors (Lipinski definition) is 1. The summed E-state index contributed by atoms with van der Waals surface area (Å²) in [6.45, 7) is 1.87. The number of rotatable bonds is 2. The average molecular weight is 247 g/mol. The van der Waals surface area contributed by atoms with Crippen molar-refractivity contribution in [2.24, 2.45) is 0 Å². The molecule has 0 spiro atoms. The van der Waals surface area contributed by atoms with E-state index in [-0.39, 0.29) is 5.56 Å². The van der Waals surface area contributed by atoms with E-state index in [9.17, 15) is 13.6 Å². The van der Waals surface area contributed by atoms with Gasteiger partial charge in [0.25, 0.3) is 5.91 Å². The summed E-state index contributed by atoms with van der Waals surface area (Å²) < 4.78 is 26.4. The minimum Gasteiger partial charge on any atom is -0.322 e. The van der Waals surface area contributed by atoms with E-state index in [2.05, 4.69) is 5.32 Å². The van der Waals surface area contributed by atoms with E-state index in [0.717, 1.165) is 11.6 Å². The van der Waals surface area contributed by atoms with Gasteiger partial charge < -0.3 is 5.32 Å². The molecule has 2 aromatic carbocycles. The van der Waals surface area contributed by atoms with Gasteiger partial charge >= 0.3 is 0 Å². The molecule has 1 N–H and O–H groups in total. The summed E-state index contributed by atoms with van der Waals surface area (Å²) in [5.74, 6) is -2.84. The van der Waals surface area contributed by atoms with Crippen LogP contribution in [0.25, 0.3) is 0 Å². The summed E-state index contributed by atoms with van der Waals surface area (Å²) in [4.78, 5) is 11.8. The topological polar surface area (TPSA) is 29.1 Å². The van der Waals surface area contributed by atoms with Crippen LogP contribution in [-0.2, 0) is 0 Å². The molecule has 0 aliphatic rings. The molecule has 2 aromatic rings. The van der Waals surface area contributed by atoms with E-state index in [1.165, 1.54) is 12.1 Å². The number of benzene rings is 2. The number of halogens is 2. The second-order valence-electron chi connectivity index (χ2n) is 3.92. The number of aryl methyl sites for hydroxylation is 1. The molecule has 0 atom stereocenters. The van der Waals surface area contributed by atoms with Crippen LogP contribution in [0.3, 0.4) is 0 Å². The lowest BCUT2D eigenvalue weighted by atomic mass is 10.1. The van der Waals surface area contributed by atoms with Crippen LogP contribution >= 0.6 is 0 Å². The molecular formula is C14H11F2NO. The van der Waals surface area contributed by atoms with Crippen molar-refractivity contribution < 1.29 is 13.6 Å². The van der Waals surface area contributed by atoms with Gasteiger partial charge in [-0.25, -0.2) is 8.78 Å². The lowest BCUT2D eigenvalue weighted by molar-refractivity contribution is 0.102. The van der Waals surface area contributed by atoms with Gasteiger partial charge in [0.05, 0.1) is 5.56 Å². The molecule has 0 aliphatic carbocycles. The van der Waals surface area contributed by atoms with Crippen LogP contribution < -0.4 is 5.32 Å². The second kappa shape index (κ2) is 4.96. The molecule has 0 fully saturated rings. The predicted molar refractivity (Wildman–Crippen MR) is 65.5 cm³/mol. The average Bonchev–Trinajstić information content (AvgIpc) is 2.32. The van der Waals surface area contributed by atoms with E-state index >= 15 is 0 Å². The van der Waals surface area contributed by atoms with Crippen molar-refractivity contribution in [1.82, 2.24) is 0 Å². The first kappa shape index (κ1) is 12.2. The molecule has 0 saturated heterocycles. The Morgan fingerprint density at radius 1 is 1.11 bits per heavy atom. The van der Waals surface area contributed by atoms with Gasteiger partial charge in [-0.2, -0.15) is 0 Å². The van der Waals surface area contributed by atoms with Crippen LogP contribution in [-0.4, -0.2) is 5.91 Å². The van der Waals surface area contributed by atoms with E-state index in [1.807, 2.05) is 13.0 Å². The first-order chi connectivity index (χ1) is 8.58. The molecule has 0 saturated carbocycles. The SMILES string of the molecule is Cc1cccc(NC(=O)c2cccc(F)c2F)c1. The summed E-state index contributed by atoms with van der Waals surface area (Å²) in [5.41, 5.74) is 1.20. The van der Waals surface area contributed by atoms with Crippen LogP contribution in [0.15, 0.2) is 42.5 Å². The number of hydrogen-bond donors (Lipinski definition) is 1. The Kier molecular flexibility index (Phi) is 3.37. The fourth-order valence-electron chi connectivity index (χ4n) is 1.60. The third kappa shape index (κ3) is 2.53. The number of carbonyl (C=O) groups excluding carboxylic acids is 1. The first-order valence-electron chi connectivity index (χ1n) is 5.40. The Morgan fingerprint density at radius 2 is 1.83 bits per heavy atom. The number of carbonyl (C=O) groups is 1. The molecule has 92 valence electrons. The van der Waals surface area contributed by atoms with Crippen LogP contribution in [0.1, 0.15) is 15.9 Å². The fraction of sp³-hybridized carbons (Fsp3) is 0.0714. The van der Waals surface area contributed by atoms with E-state index in [4.69, 9.17) is 0 Å². The molecule has 0 aromatic heterocycles. The molecule has 0 heterocycles. The van der Waals surface area contributed by atoms with Crippen molar-refractivity contribution in [3.8, 4) is 0 Å². The number of anilines is 1. The fourth-order valence-corrected chi connectivity index (χ4v) is 1.60. The zero-order chi connectivity index (χ0) is 13.1. The Balaban J connectivity index is 2.25. The minimum absolute atomic E-state index is 0.309. The summed E-state index contributed by atoms with van der Waals surface area (Å²) in [5, 5.41) is 2.52. The summed E-state index contributed by atoms with van der Waals surface area (Å²) in [6.07, 6.45) is 0. The molecule has 0 unspecified atom stereocenters. The molecule has 0 bridgehead atoms. The molecule has 0 radical (unpaired) electrons. The third-order valence-corrected chi connectivity index (χ3v) is 2.47. The largest absolute Gasteiger partial charge is 0.322 e. The second-order valence-corrected chi connectivity index (χ2v) is 3.92. The van der Waals surface area contributed by atoms with Crippen LogP contribution in [0.4, 0.5) is 14.5 Å². The van der Waals surface area contributed by atoms with Gasteiger partial charge in [0, 0.05) is 5.69 Å². The zero-order valence-corrected chi connectivity index (χ0v) is 9.71. The summed E-state index contributed by atoms with van der Waals surface area (Å²) in [6, 6.07) is 10.6. The van der Waals surface area contributed by atoms with Gasteiger partial charge in [0.15, 0.2) is 11.6 Å². The van der Waals surface area contributed by atoms with Crippen molar-refractivity contribution in [3.05, 3.63) is 65.2 Å². The molecule has 2 rings (SSSR count). The molecule has 18 heavy (non-hydrogen) atoms. The number of nitrogens with one attached hydrogen (secondary N) is 1. The maximum absolute atomic E-state index is 13.4. The minimum atomic E-state index is -1.14. The summed E-state index contributed by atoms with van der Waals surface area (Å²) >= 11 is 0. The van der Waals surface area contributed by atoms with Crippen LogP contribution in [0, 0.1) is 18.6 Å². The van der Waals surface area contributed by atoms with Gasteiger partial charge in [0.2, 0.25) is 0 Å². The van der Waals surface area contributed by atoms with Gasteiger partial charge in [-0.3, -0.25) is 4.79 Å². The van der Waals surface area contributed by atoms with E-state index in [1.54, 1.807) is 18.2 Å². The maximum atomic E-state index is 13.4. The molecule has 1 amide bonds. The van der Waals surface area contributed by atoms with Crippen molar-refractivity contribution in [2.75, 3.05) is 5.32 Å². The molecule has 4 heteroatoms. The predicted octanol–water partition coefficient (Wildman–Crippen LogP) is 3.53. The Bertz CT molecular complexity index is 596. The number of amides is 1. The zero-order valence-electron chi connectivity index (χ0n) is 9.71. The smallest absolute Gasteiger partial charge is 0.258 e. The van der Waals surface area contributed by atoms with Gasteiger partial charge in [-0.1, -0.05) is 18.2 Å². The quantitative estimate of drug-likeness (QED) is 0.864. The lowest BCUT2D eigenvalue weighted by Crippen LogP contribution is -2.14.